The van der Waals surface area contributed by atoms with Crippen LogP contribution in [0.5, 0.6) is 5.75 Å². The Kier molecular flexibility index (Phi) is 5.32. The third-order valence-electron chi connectivity index (χ3n) is 4.45. The van der Waals surface area contributed by atoms with E-state index in [1.54, 1.807) is 43.3 Å². The molecule has 27 heavy (non-hydrogen) atoms. The highest BCUT2D eigenvalue weighted by molar-refractivity contribution is 6.46. The molecular weight excluding hydrogens is 350 g/mol. The molecule has 142 valence electrons. The van der Waals surface area contributed by atoms with Gasteiger partial charge < -0.3 is 23.9 Å². The number of benzene rings is 1. The smallest absolute Gasteiger partial charge is 0.295 e. The van der Waals surface area contributed by atoms with Crippen LogP contribution in [0, 0.1) is 6.92 Å². The molecule has 1 aromatic carbocycles. The summed E-state index contributed by atoms with van der Waals surface area (Å²) in [5.41, 5.74) is 0.367. The molecule has 7 heteroatoms. The van der Waals surface area contributed by atoms with E-state index in [2.05, 4.69) is 0 Å². The Labute approximate surface area is 156 Å². The monoisotopic (exact) mass is 371 g/mol. The van der Waals surface area contributed by atoms with Crippen molar-refractivity contribution in [1.82, 2.24) is 4.90 Å². The molecule has 0 aliphatic carbocycles. The van der Waals surface area contributed by atoms with Gasteiger partial charge in [-0.25, -0.2) is 0 Å². The number of carbonyl (C=O) groups excluding carboxylic acids is 2. The maximum atomic E-state index is 12.7. The first-order valence-electron chi connectivity index (χ1n) is 8.46. The molecule has 7 nitrogen and oxygen atoms in total. The summed E-state index contributed by atoms with van der Waals surface area (Å²) < 4.78 is 15.9. The number of hydrogen-bond donors (Lipinski definition) is 1. The number of Topliss-reactive ketones (excluding diaryl/α,β-unsaturated/α-hetero) is 1. The maximum Gasteiger partial charge on any atom is 0.295 e. The van der Waals surface area contributed by atoms with Crippen molar-refractivity contribution < 1.29 is 28.6 Å². The number of methoxy groups -OCH3 is 2. The number of ketones is 1. The lowest BCUT2D eigenvalue weighted by Crippen LogP contribution is -2.32. The lowest BCUT2D eigenvalue weighted by Gasteiger charge is -2.22. The zero-order valence-electron chi connectivity index (χ0n) is 15.4. The molecule has 1 fully saturated rings. The fraction of sp³-hybridized carbons (Fsp3) is 0.300. The summed E-state index contributed by atoms with van der Waals surface area (Å²) in [7, 11) is 3.02. The molecule has 0 spiro atoms. The number of carbonyl (C=O) groups is 2. The predicted octanol–water partition coefficient (Wildman–Crippen LogP) is 2.66. The maximum absolute atomic E-state index is 12.7. The normalized spacial score (nSPS) is 18.9. The number of amides is 1. The minimum atomic E-state index is -0.819. The molecule has 1 aliphatic rings. The quantitative estimate of drug-likeness (QED) is 0.477. The van der Waals surface area contributed by atoms with Gasteiger partial charge in [-0.15, -0.1) is 0 Å². The number of ether oxygens (including phenoxy) is 2. The van der Waals surface area contributed by atoms with E-state index in [-0.39, 0.29) is 24.5 Å². The van der Waals surface area contributed by atoms with Crippen molar-refractivity contribution in [3.63, 3.8) is 0 Å². The molecule has 0 radical (unpaired) electrons. The average Bonchev–Trinajstić information content (AvgIpc) is 3.21. The molecule has 2 heterocycles. The van der Waals surface area contributed by atoms with E-state index in [1.165, 1.54) is 19.1 Å². The zero-order valence-corrected chi connectivity index (χ0v) is 15.4. The largest absolute Gasteiger partial charge is 0.507 e. The summed E-state index contributed by atoms with van der Waals surface area (Å²) in [5, 5.41) is 10.9. The van der Waals surface area contributed by atoms with Gasteiger partial charge in [0.1, 0.15) is 29.1 Å². The number of aliphatic hydroxyl groups excluding tert-OH is 1. The van der Waals surface area contributed by atoms with Gasteiger partial charge >= 0.3 is 0 Å². The highest BCUT2D eigenvalue weighted by atomic mass is 16.5. The molecule has 1 unspecified atom stereocenters. The van der Waals surface area contributed by atoms with Gasteiger partial charge in [0.25, 0.3) is 11.7 Å². The Morgan fingerprint density at radius 2 is 2.00 bits per heavy atom. The van der Waals surface area contributed by atoms with Crippen LogP contribution in [-0.4, -0.2) is 49.1 Å². The van der Waals surface area contributed by atoms with Crippen LogP contribution in [0.1, 0.15) is 23.1 Å². The third-order valence-corrected chi connectivity index (χ3v) is 4.45. The van der Waals surface area contributed by atoms with Crippen molar-refractivity contribution in [2.24, 2.45) is 0 Å². The van der Waals surface area contributed by atoms with E-state index in [4.69, 9.17) is 13.9 Å². The van der Waals surface area contributed by atoms with Crippen LogP contribution in [0.25, 0.3) is 5.76 Å². The number of furan rings is 1. The van der Waals surface area contributed by atoms with Crippen molar-refractivity contribution >= 4 is 17.4 Å². The second-order valence-corrected chi connectivity index (χ2v) is 6.17. The molecule has 0 bridgehead atoms. The Hall–Kier alpha value is -3.06. The summed E-state index contributed by atoms with van der Waals surface area (Å²) in [6.45, 7) is 2.22. The van der Waals surface area contributed by atoms with Crippen LogP contribution in [0.2, 0.25) is 0 Å². The number of nitrogens with zero attached hydrogens (tertiary/aromatic N) is 1. The summed E-state index contributed by atoms with van der Waals surface area (Å²) in [6.07, 6.45) is 0. The lowest BCUT2D eigenvalue weighted by atomic mass is 9.99. The van der Waals surface area contributed by atoms with Gasteiger partial charge in [-0.1, -0.05) is 12.1 Å². The molecule has 1 amide bonds. The first-order chi connectivity index (χ1) is 13.0. The molecular formula is C20H21NO6. The summed E-state index contributed by atoms with van der Waals surface area (Å²) in [4.78, 5) is 26.7. The second kappa shape index (κ2) is 7.67. The van der Waals surface area contributed by atoms with Gasteiger partial charge in [0, 0.05) is 19.2 Å². The highest BCUT2D eigenvalue weighted by Crippen LogP contribution is 2.40. The van der Waals surface area contributed by atoms with E-state index in [1.807, 2.05) is 0 Å². The van der Waals surface area contributed by atoms with E-state index in [0.717, 1.165) is 0 Å². The Bertz CT molecular complexity index is 897. The third kappa shape index (κ3) is 3.46. The summed E-state index contributed by atoms with van der Waals surface area (Å²) in [6, 6.07) is 9.29. The standard InChI is InChI=1S/C20H21NO6/c1-12-7-8-15(27-12)17-16(19(23)20(24)21(17)9-10-25-2)18(22)13-5-4-6-14(11-13)26-3/h4-8,11,17,22H,9-10H2,1-3H3. The van der Waals surface area contributed by atoms with Crippen molar-refractivity contribution in [1.29, 1.82) is 0 Å². The van der Waals surface area contributed by atoms with Crippen molar-refractivity contribution in [3.05, 3.63) is 59.1 Å². The number of aryl methyl sites for hydroxylation is 1. The molecule has 3 rings (SSSR count). The molecule has 1 N–H and O–H groups in total. The molecule has 1 atom stereocenters. The second-order valence-electron chi connectivity index (χ2n) is 6.17. The average molecular weight is 371 g/mol. The minimum absolute atomic E-state index is 0.0151. The topological polar surface area (TPSA) is 89.2 Å². The van der Waals surface area contributed by atoms with Crippen LogP contribution in [0.3, 0.4) is 0 Å². The summed E-state index contributed by atoms with van der Waals surface area (Å²) >= 11 is 0. The van der Waals surface area contributed by atoms with Crippen LogP contribution in [0.15, 0.2) is 46.4 Å². The van der Waals surface area contributed by atoms with Crippen LogP contribution in [0.4, 0.5) is 0 Å². The minimum Gasteiger partial charge on any atom is -0.507 e. The van der Waals surface area contributed by atoms with Crippen LogP contribution in [-0.2, 0) is 14.3 Å². The molecule has 1 aliphatic heterocycles. The number of rotatable bonds is 6. The Morgan fingerprint density at radius 1 is 1.22 bits per heavy atom. The predicted molar refractivity (Wildman–Crippen MR) is 97.3 cm³/mol. The number of likely N-dealkylation sites (tertiary alicyclic amines) is 1. The van der Waals surface area contributed by atoms with E-state index >= 15 is 0 Å². The molecule has 1 aromatic heterocycles. The van der Waals surface area contributed by atoms with Crippen LogP contribution < -0.4 is 4.74 Å². The highest BCUT2D eigenvalue weighted by Gasteiger charge is 2.47. The Morgan fingerprint density at radius 3 is 2.63 bits per heavy atom. The molecule has 2 aromatic rings. The van der Waals surface area contributed by atoms with Gasteiger partial charge in [-0.3, -0.25) is 9.59 Å². The number of hydrogen-bond acceptors (Lipinski definition) is 6. The van der Waals surface area contributed by atoms with Gasteiger partial charge in [0.2, 0.25) is 0 Å². The van der Waals surface area contributed by atoms with Crippen molar-refractivity contribution in [2.45, 2.75) is 13.0 Å². The van der Waals surface area contributed by atoms with Crippen LogP contribution >= 0.6 is 0 Å². The van der Waals surface area contributed by atoms with Gasteiger partial charge in [0.05, 0.1) is 19.3 Å². The number of aliphatic hydroxyl groups is 1. The van der Waals surface area contributed by atoms with E-state index < -0.39 is 17.7 Å². The Balaban J connectivity index is 2.14. The van der Waals surface area contributed by atoms with Gasteiger partial charge in [-0.05, 0) is 31.2 Å². The molecule has 1 saturated heterocycles. The van der Waals surface area contributed by atoms with Crippen molar-refractivity contribution in [2.75, 3.05) is 27.4 Å². The fourth-order valence-corrected chi connectivity index (χ4v) is 3.12. The fourth-order valence-electron chi connectivity index (χ4n) is 3.12. The van der Waals surface area contributed by atoms with E-state index in [9.17, 15) is 14.7 Å². The van der Waals surface area contributed by atoms with Gasteiger partial charge in [-0.2, -0.15) is 0 Å². The van der Waals surface area contributed by atoms with Gasteiger partial charge in [0.15, 0.2) is 0 Å². The molecule has 0 saturated carbocycles. The first-order valence-corrected chi connectivity index (χ1v) is 8.46. The first kappa shape index (κ1) is 18.7. The van der Waals surface area contributed by atoms with E-state index in [0.29, 0.717) is 22.8 Å². The lowest BCUT2D eigenvalue weighted by molar-refractivity contribution is -0.140. The SMILES string of the molecule is COCCN1C(=O)C(=O)C(=C(O)c2cccc(OC)c2)C1c1ccc(C)o1. The summed E-state index contributed by atoms with van der Waals surface area (Å²) in [5.74, 6) is -0.152. The zero-order chi connectivity index (χ0) is 19.6. The van der Waals surface area contributed by atoms with Crippen molar-refractivity contribution in [3.8, 4) is 5.75 Å².